The van der Waals surface area contributed by atoms with Gasteiger partial charge in [0, 0.05) is 11.6 Å². The molecule has 0 amide bonds. The normalized spacial score (nSPS) is 10.2. The van der Waals surface area contributed by atoms with Gasteiger partial charge >= 0.3 is 0 Å². The fourth-order valence-electron chi connectivity index (χ4n) is 1.57. The number of hydrogen-bond donors (Lipinski definition) is 2. The Morgan fingerprint density at radius 2 is 1.85 bits per heavy atom. The number of para-hydroxylation sites is 1. The summed E-state index contributed by atoms with van der Waals surface area (Å²) >= 11 is 17.1. The van der Waals surface area contributed by atoms with Crippen LogP contribution in [0.15, 0.2) is 42.5 Å². The van der Waals surface area contributed by atoms with Gasteiger partial charge < -0.3 is 10.6 Å². The smallest absolute Gasteiger partial charge is 0.171 e. The molecule has 0 bridgehead atoms. The van der Waals surface area contributed by atoms with Gasteiger partial charge in [-0.25, -0.2) is 4.39 Å². The summed E-state index contributed by atoms with van der Waals surface area (Å²) in [6.45, 7) is 0.398. The molecule has 2 aromatic carbocycles. The van der Waals surface area contributed by atoms with E-state index in [0.29, 0.717) is 21.7 Å². The molecule has 0 atom stereocenters. The molecule has 0 saturated heterocycles. The maximum atomic E-state index is 12.9. The molecule has 2 N–H and O–H groups in total. The second kappa shape index (κ2) is 6.88. The Morgan fingerprint density at radius 3 is 2.55 bits per heavy atom. The highest BCUT2D eigenvalue weighted by Crippen LogP contribution is 2.20. The molecule has 2 rings (SSSR count). The molecule has 6 heteroatoms. The Morgan fingerprint density at radius 1 is 1.10 bits per heavy atom. The third kappa shape index (κ3) is 4.07. The average molecular weight is 329 g/mol. The molecule has 0 aliphatic heterocycles. The molecule has 2 nitrogen and oxygen atoms in total. The minimum absolute atomic E-state index is 0.359. The van der Waals surface area contributed by atoms with Crippen LogP contribution in [-0.4, -0.2) is 5.11 Å². The van der Waals surface area contributed by atoms with Crippen molar-refractivity contribution in [1.29, 1.82) is 0 Å². The Labute approximate surface area is 131 Å². The zero-order valence-electron chi connectivity index (χ0n) is 10.3. The van der Waals surface area contributed by atoms with E-state index in [4.69, 9.17) is 35.4 Å². The molecule has 0 aliphatic carbocycles. The predicted octanol–water partition coefficient (Wildman–Crippen LogP) is 4.62. The van der Waals surface area contributed by atoms with Crippen molar-refractivity contribution in [3.63, 3.8) is 0 Å². The monoisotopic (exact) mass is 328 g/mol. The van der Waals surface area contributed by atoms with E-state index in [1.165, 1.54) is 12.1 Å². The van der Waals surface area contributed by atoms with E-state index in [1.807, 2.05) is 18.2 Å². The lowest BCUT2D eigenvalue weighted by Gasteiger charge is -2.12. The van der Waals surface area contributed by atoms with Gasteiger partial charge in [-0.3, -0.25) is 0 Å². The fourth-order valence-corrected chi connectivity index (χ4v) is 2.17. The van der Waals surface area contributed by atoms with Crippen LogP contribution >= 0.6 is 35.4 Å². The molecule has 2 aromatic rings. The first-order valence-corrected chi connectivity index (χ1v) is 6.96. The van der Waals surface area contributed by atoms with Crippen LogP contribution in [0.2, 0.25) is 10.0 Å². The standard InChI is InChI=1S/C14H11Cl2FN2S/c15-11-3-1-2-4-13(11)19-14(20)18-8-9-5-6-10(17)7-12(9)16/h1-7H,8H2,(H2,18,19,20). The fraction of sp³-hybridized carbons (Fsp3) is 0.0714. The summed E-state index contributed by atoms with van der Waals surface area (Å²) in [5.74, 6) is -0.365. The van der Waals surface area contributed by atoms with E-state index in [2.05, 4.69) is 10.6 Å². The molecule has 0 fully saturated rings. The number of rotatable bonds is 3. The van der Waals surface area contributed by atoms with Gasteiger partial charge in [0.1, 0.15) is 5.82 Å². The van der Waals surface area contributed by atoms with E-state index >= 15 is 0 Å². The molecule has 0 spiro atoms. The summed E-state index contributed by atoms with van der Waals surface area (Å²) in [6, 6.07) is 11.5. The van der Waals surface area contributed by atoms with Crippen molar-refractivity contribution in [2.45, 2.75) is 6.54 Å². The van der Waals surface area contributed by atoms with E-state index in [0.717, 1.165) is 11.3 Å². The minimum atomic E-state index is -0.365. The van der Waals surface area contributed by atoms with Gasteiger partial charge in [0.25, 0.3) is 0 Å². The van der Waals surface area contributed by atoms with Crippen LogP contribution in [0.3, 0.4) is 0 Å². The molecular weight excluding hydrogens is 318 g/mol. The van der Waals surface area contributed by atoms with Crippen LogP contribution in [0, 0.1) is 5.82 Å². The highest BCUT2D eigenvalue weighted by atomic mass is 35.5. The van der Waals surface area contributed by atoms with Crippen molar-refractivity contribution in [1.82, 2.24) is 5.32 Å². The van der Waals surface area contributed by atoms with Crippen molar-refractivity contribution in [2.75, 3.05) is 5.32 Å². The predicted molar refractivity (Wildman–Crippen MR) is 85.9 cm³/mol. The number of anilines is 1. The van der Waals surface area contributed by atoms with Crippen molar-refractivity contribution in [2.24, 2.45) is 0 Å². The Hall–Kier alpha value is -1.36. The summed E-state index contributed by atoms with van der Waals surface area (Å²) < 4.78 is 12.9. The number of thiocarbonyl (C=S) groups is 1. The van der Waals surface area contributed by atoms with Gasteiger partial charge in [0.05, 0.1) is 10.7 Å². The van der Waals surface area contributed by atoms with Gasteiger partial charge in [-0.15, -0.1) is 0 Å². The van der Waals surface area contributed by atoms with Crippen LogP contribution in [0.25, 0.3) is 0 Å². The topological polar surface area (TPSA) is 24.1 Å². The Kier molecular flexibility index (Phi) is 5.17. The van der Waals surface area contributed by atoms with Crippen LogP contribution in [-0.2, 0) is 6.54 Å². The van der Waals surface area contributed by atoms with Crippen molar-refractivity contribution in [3.8, 4) is 0 Å². The first-order chi connectivity index (χ1) is 9.56. The van der Waals surface area contributed by atoms with Gasteiger partial charge in [0.2, 0.25) is 0 Å². The van der Waals surface area contributed by atoms with E-state index in [9.17, 15) is 4.39 Å². The lowest BCUT2D eigenvalue weighted by Crippen LogP contribution is -2.28. The second-order valence-corrected chi connectivity index (χ2v) is 5.25. The Balaban J connectivity index is 1.94. The second-order valence-electron chi connectivity index (χ2n) is 4.02. The highest BCUT2D eigenvalue weighted by molar-refractivity contribution is 7.80. The molecule has 0 unspecified atom stereocenters. The quantitative estimate of drug-likeness (QED) is 0.804. The van der Waals surface area contributed by atoms with E-state index in [-0.39, 0.29) is 5.82 Å². The zero-order valence-corrected chi connectivity index (χ0v) is 12.6. The largest absolute Gasteiger partial charge is 0.358 e. The first-order valence-electron chi connectivity index (χ1n) is 5.79. The molecule has 104 valence electrons. The molecular formula is C14H11Cl2FN2S. The van der Waals surface area contributed by atoms with Gasteiger partial charge in [0.15, 0.2) is 5.11 Å². The van der Waals surface area contributed by atoms with Gasteiger partial charge in [-0.2, -0.15) is 0 Å². The molecule has 0 aromatic heterocycles. The maximum Gasteiger partial charge on any atom is 0.171 e. The van der Waals surface area contributed by atoms with Crippen LogP contribution in [0.1, 0.15) is 5.56 Å². The number of benzene rings is 2. The summed E-state index contributed by atoms with van der Waals surface area (Å²) in [5.41, 5.74) is 1.48. The van der Waals surface area contributed by atoms with Crippen LogP contribution in [0.4, 0.5) is 10.1 Å². The molecule has 0 heterocycles. The average Bonchev–Trinajstić information content (AvgIpc) is 2.40. The number of nitrogens with one attached hydrogen (secondary N) is 2. The van der Waals surface area contributed by atoms with E-state index in [1.54, 1.807) is 12.1 Å². The molecule has 0 aliphatic rings. The maximum absolute atomic E-state index is 12.9. The summed E-state index contributed by atoms with van der Waals surface area (Å²) in [6.07, 6.45) is 0. The molecule has 0 saturated carbocycles. The van der Waals surface area contributed by atoms with Gasteiger partial charge in [-0.1, -0.05) is 41.4 Å². The number of hydrogen-bond acceptors (Lipinski definition) is 1. The van der Waals surface area contributed by atoms with Crippen molar-refractivity contribution in [3.05, 3.63) is 63.9 Å². The summed E-state index contributed by atoms with van der Waals surface area (Å²) in [5, 5.41) is 7.33. The third-order valence-corrected chi connectivity index (χ3v) is 3.50. The minimum Gasteiger partial charge on any atom is -0.358 e. The molecule has 20 heavy (non-hydrogen) atoms. The van der Waals surface area contributed by atoms with Gasteiger partial charge in [-0.05, 0) is 42.0 Å². The zero-order chi connectivity index (χ0) is 14.5. The van der Waals surface area contributed by atoms with Crippen molar-refractivity contribution >= 4 is 46.2 Å². The van der Waals surface area contributed by atoms with Crippen LogP contribution in [0.5, 0.6) is 0 Å². The SMILES string of the molecule is Fc1ccc(CNC(=S)Nc2ccccc2Cl)c(Cl)c1. The highest BCUT2D eigenvalue weighted by Gasteiger charge is 2.04. The van der Waals surface area contributed by atoms with Crippen LogP contribution < -0.4 is 10.6 Å². The molecule has 0 radical (unpaired) electrons. The lowest BCUT2D eigenvalue weighted by molar-refractivity contribution is 0.627. The number of halogens is 3. The van der Waals surface area contributed by atoms with E-state index < -0.39 is 0 Å². The summed E-state index contributed by atoms with van der Waals surface area (Å²) in [4.78, 5) is 0. The summed E-state index contributed by atoms with van der Waals surface area (Å²) in [7, 11) is 0. The Bertz CT molecular complexity index is 634. The first kappa shape index (κ1) is 15.0. The van der Waals surface area contributed by atoms with Crippen molar-refractivity contribution < 1.29 is 4.39 Å². The third-order valence-electron chi connectivity index (χ3n) is 2.58. The lowest BCUT2D eigenvalue weighted by atomic mass is 10.2.